The van der Waals surface area contributed by atoms with Crippen molar-refractivity contribution in [2.45, 2.75) is 70.3 Å². The van der Waals surface area contributed by atoms with E-state index in [1.54, 1.807) is 7.11 Å². The van der Waals surface area contributed by atoms with Crippen molar-refractivity contribution in [2.75, 3.05) is 13.7 Å². The van der Waals surface area contributed by atoms with Crippen molar-refractivity contribution >= 4 is 16.9 Å². The van der Waals surface area contributed by atoms with E-state index in [4.69, 9.17) is 10.5 Å². The van der Waals surface area contributed by atoms with Crippen LogP contribution in [0, 0.1) is 0 Å². The van der Waals surface area contributed by atoms with Crippen molar-refractivity contribution < 1.29 is 9.53 Å². The maximum Gasteiger partial charge on any atom is 0.326 e. The van der Waals surface area contributed by atoms with Crippen molar-refractivity contribution in [3.05, 3.63) is 36.0 Å². The van der Waals surface area contributed by atoms with E-state index in [2.05, 4.69) is 34.5 Å². The molecule has 2 aromatic rings. The van der Waals surface area contributed by atoms with E-state index in [1.807, 2.05) is 18.3 Å². The zero-order valence-corrected chi connectivity index (χ0v) is 17.7. The highest BCUT2D eigenvalue weighted by Crippen LogP contribution is 2.36. The number of hydrogen-bond donors (Lipinski definition) is 2. The number of amides is 2. The summed E-state index contributed by atoms with van der Waals surface area (Å²) in [4.78, 5) is 16.0. The number of nitrogens with one attached hydrogen (secondary N) is 1. The first kappa shape index (κ1) is 21.4. The number of pyridine rings is 1. The highest BCUT2D eigenvalue weighted by atomic mass is 16.5. The first-order chi connectivity index (χ1) is 14.1. The SMILES string of the molecule is CCCCCCCC1CC(c2ccnc3ccc(OC)cc23)CCN1NC(N)=O. The molecular weight excluding hydrogens is 364 g/mol. The number of nitrogens with two attached hydrogens (primary N) is 1. The third-order valence-corrected chi connectivity index (χ3v) is 6.03. The molecule has 2 unspecified atom stereocenters. The van der Waals surface area contributed by atoms with Gasteiger partial charge in [-0.2, -0.15) is 0 Å². The number of urea groups is 1. The Hall–Kier alpha value is -2.34. The Morgan fingerprint density at radius 3 is 2.86 bits per heavy atom. The molecule has 2 atom stereocenters. The highest BCUT2D eigenvalue weighted by Gasteiger charge is 2.30. The lowest BCUT2D eigenvalue weighted by atomic mass is 9.83. The molecule has 2 amide bonds. The highest BCUT2D eigenvalue weighted by molar-refractivity contribution is 5.84. The Labute approximate surface area is 173 Å². The van der Waals surface area contributed by atoms with Crippen molar-refractivity contribution in [1.29, 1.82) is 0 Å². The van der Waals surface area contributed by atoms with Gasteiger partial charge in [0.25, 0.3) is 0 Å². The molecule has 1 aromatic carbocycles. The van der Waals surface area contributed by atoms with Crippen LogP contribution < -0.4 is 15.9 Å². The fourth-order valence-corrected chi connectivity index (χ4v) is 4.51. The molecule has 158 valence electrons. The minimum atomic E-state index is -0.474. The molecule has 3 N–H and O–H groups in total. The van der Waals surface area contributed by atoms with Crippen LogP contribution in [-0.4, -0.2) is 35.7 Å². The second kappa shape index (κ2) is 10.4. The van der Waals surface area contributed by atoms with Crippen LogP contribution in [0.4, 0.5) is 4.79 Å². The maximum absolute atomic E-state index is 11.5. The van der Waals surface area contributed by atoms with Gasteiger partial charge in [0.05, 0.1) is 12.6 Å². The van der Waals surface area contributed by atoms with Crippen LogP contribution in [0.3, 0.4) is 0 Å². The van der Waals surface area contributed by atoms with Crippen molar-refractivity contribution in [1.82, 2.24) is 15.4 Å². The molecule has 6 nitrogen and oxygen atoms in total. The van der Waals surface area contributed by atoms with Gasteiger partial charge in [0.1, 0.15) is 5.75 Å². The first-order valence-electron chi connectivity index (χ1n) is 10.9. The lowest BCUT2D eigenvalue weighted by molar-refractivity contribution is 0.0828. The molecule has 2 heterocycles. The topological polar surface area (TPSA) is 80.5 Å². The molecule has 29 heavy (non-hydrogen) atoms. The number of piperidine rings is 1. The third-order valence-electron chi connectivity index (χ3n) is 6.03. The molecule has 0 saturated carbocycles. The average molecular weight is 399 g/mol. The van der Waals surface area contributed by atoms with E-state index in [0.29, 0.717) is 12.0 Å². The maximum atomic E-state index is 11.5. The van der Waals surface area contributed by atoms with Gasteiger partial charge in [-0.1, -0.05) is 39.0 Å². The van der Waals surface area contributed by atoms with Gasteiger partial charge in [-0.3, -0.25) is 10.4 Å². The second-order valence-electron chi connectivity index (χ2n) is 8.03. The van der Waals surface area contributed by atoms with Crippen molar-refractivity contribution in [3.63, 3.8) is 0 Å². The van der Waals surface area contributed by atoms with Crippen LogP contribution in [0.1, 0.15) is 69.8 Å². The van der Waals surface area contributed by atoms with E-state index in [9.17, 15) is 4.79 Å². The van der Waals surface area contributed by atoms with Crippen LogP contribution in [0.15, 0.2) is 30.5 Å². The summed E-state index contributed by atoms with van der Waals surface area (Å²) in [6.45, 7) is 3.04. The Kier molecular flexibility index (Phi) is 7.69. The van der Waals surface area contributed by atoms with Gasteiger partial charge < -0.3 is 10.5 Å². The number of aromatic nitrogens is 1. The van der Waals surface area contributed by atoms with Crippen LogP contribution >= 0.6 is 0 Å². The zero-order chi connectivity index (χ0) is 20.6. The number of nitrogens with zero attached hydrogens (tertiary/aromatic N) is 2. The van der Waals surface area contributed by atoms with Gasteiger partial charge in [0.2, 0.25) is 0 Å². The van der Waals surface area contributed by atoms with Crippen LogP contribution in [0.5, 0.6) is 5.75 Å². The number of hydrogen-bond acceptors (Lipinski definition) is 4. The van der Waals surface area contributed by atoms with Crippen LogP contribution in [-0.2, 0) is 0 Å². The Morgan fingerprint density at radius 1 is 1.28 bits per heavy atom. The number of benzene rings is 1. The summed E-state index contributed by atoms with van der Waals surface area (Å²) in [6, 6.07) is 8.03. The molecule has 1 aliphatic heterocycles. The number of ether oxygens (including phenoxy) is 1. The van der Waals surface area contributed by atoms with Crippen molar-refractivity contribution in [3.8, 4) is 5.75 Å². The lowest BCUT2D eigenvalue weighted by Crippen LogP contribution is -2.53. The summed E-state index contributed by atoms with van der Waals surface area (Å²) in [6.07, 6.45) is 11.2. The molecule has 0 bridgehead atoms. The number of methoxy groups -OCH3 is 1. The fourth-order valence-electron chi connectivity index (χ4n) is 4.51. The normalized spacial score (nSPS) is 19.9. The van der Waals surface area contributed by atoms with E-state index >= 15 is 0 Å². The molecule has 0 aliphatic carbocycles. The molecule has 3 rings (SSSR count). The molecule has 1 saturated heterocycles. The Balaban J connectivity index is 1.76. The van der Waals surface area contributed by atoms with Gasteiger partial charge in [-0.15, -0.1) is 0 Å². The molecule has 6 heteroatoms. The molecule has 1 aliphatic rings. The fraction of sp³-hybridized carbons (Fsp3) is 0.565. The van der Waals surface area contributed by atoms with E-state index in [1.165, 1.54) is 37.7 Å². The molecular formula is C23H34N4O2. The van der Waals surface area contributed by atoms with E-state index < -0.39 is 6.03 Å². The number of carbonyl (C=O) groups excluding carboxylic acids is 1. The van der Waals surface area contributed by atoms with Gasteiger partial charge in [0, 0.05) is 24.2 Å². The predicted molar refractivity (Wildman–Crippen MR) is 117 cm³/mol. The summed E-state index contributed by atoms with van der Waals surface area (Å²) in [5, 5.41) is 3.22. The number of carbonyl (C=O) groups is 1. The van der Waals surface area contributed by atoms with Gasteiger partial charge >= 0.3 is 6.03 Å². The lowest BCUT2D eigenvalue weighted by Gasteiger charge is -2.39. The number of unbranched alkanes of at least 4 members (excludes halogenated alkanes) is 4. The largest absolute Gasteiger partial charge is 0.497 e. The zero-order valence-electron chi connectivity index (χ0n) is 17.7. The number of primary amides is 1. The molecule has 1 aromatic heterocycles. The van der Waals surface area contributed by atoms with Crippen molar-refractivity contribution in [2.24, 2.45) is 5.73 Å². The monoisotopic (exact) mass is 398 g/mol. The Morgan fingerprint density at radius 2 is 2.10 bits per heavy atom. The van der Waals surface area contributed by atoms with Gasteiger partial charge in [-0.05, 0) is 55.0 Å². The molecule has 0 radical (unpaired) electrons. The smallest absolute Gasteiger partial charge is 0.326 e. The number of hydrazine groups is 1. The standard InChI is InChI=1S/C23H34N4O2/c1-3-4-5-6-7-8-18-15-17(12-14-27(18)26-23(24)28)20-11-13-25-22-10-9-19(29-2)16-21(20)22/h9-11,13,16-18H,3-8,12,14-15H2,1-2H3,(H3,24,26,28). The number of fused-ring (bicyclic) bond motifs is 1. The predicted octanol–water partition coefficient (Wildman–Crippen LogP) is 4.74. The quantitative estimate of drug-likeness (QED) is 0.598. The summed E-state index contributed by atoms with van der Waals surface area (Å²) >= 11 is 0. The summed E-state index contributed by atoms with van der Waals surface area (Å²) in [5.41, 5.74) is 10.6. The summed E-state index contributed by atoms with van der Waals surface area (Å²) in [7, 11) is 1.69. The minimum Gasteiger partial charge on any atom is -0.497 e. The van der Waals surface area contributed by atoms with Gasteiger partial charge in [0.15, 0.2) is 0 Å². The average Bonchev–Trinajstić information content (AvgIpc) is 2.73. The summed E-state index contributed by atoms with van der Waals surface area (Å²) < 4.78 is 5.43. The second-order valence-corrected chi connectivity index (χ2v) is 8.03. The van der Waals surface area contributed by atoms with E-state index in [-0.39, 0.29) is 0 Å². The first-order valence-corrected chi connectivity index (χ1v) is 10.9. The van der Waals surface area contributed by atoms with Gasteiger partial charge in [-0.25, -0.2) is 9.80 Å². The van der Waals surface area contributed by atoms with E-state index in [0.717, 1.165) is 42.5 Å². The van der Waals surface area contributed by atoms with Crippen LogP contribution in [0.2, 0.25) is 0 Å². The summed E-state index contributed by atoms with van der Waals surface area (Å²) in [5.74, 6) is 1.28. The molecule has 1 fully saturated rings. The van der Waals surface area contributed by atoms with Crippen LogP contribution in [0.25, 0.3) is 10.9 Å². The minimum absolute atomic E-state index is 0.302. The molecule has 0 spiro atoms. The Bertz CT molecular complexity index is 811. The third kappa shape index (κ3) is 5.60. The number of rotatable bonds is 9.